The summed E-state index contributed by atoms with van der Waals surface area (Å²) in [6, 6.07) is 0.241. The van der Waals surface area contributed by atoms with E-state index in [1.54, 1.807) is 12.4 Å². The molecule has 0 saturated carbocycles. The predicted molar refractivity (Wildman–Crippen MR) is 88.2 cm³/mol. The number of anilines is 1. The molecule has 0 bridgehead atoms. The van der Waals surface area contributed by atoms with Gasteiger partial charge in [0.25, 0.3) is 0 Å². The van der Waals surface area contributed by atoms with Crippen molar-refractivity contribution in [3.8, 4) is 0 Å². The van der Waals surface area contributed by atoms with E-state index in [4.69, 9.17) is 11.6 Å². The van der Waals surface area contributed by atoms with Gasteiger partial charge in [-0.2, -0.15) is 5.10 Å². The lowest BCUT2D eigenvalue weighted by Crippen LogP contribution is -2.24. The minimum atomic E-state index is 0.241. The van der Waals surface area contributed by atoms with Crippen LogP contribution in [0.15, 0.2) is 18.6 Å². The molecule has 0 radical (unpaired) electrons. The van der Waals surface area contributed by atoms with E-state index >= 15 is 0 Å². The largest absolute Gasteiger partial charge is 0.348 e. The highest BCUT2D eigenvalue weighted by Crippen LogP contribution is 2.39. The molecular formula is C16H22ClN5. The number of nitrogens with zero attached hydrogens (tertiary/aromatic N) is 5. The average molecular weight is 320 g/mol. The Morgan fingerprint density at radius 3 is 2.86 bits per heavy atom. The maximum absolute atomic E-state index is 6.64. The Bertz CT molecular complexity index is 637. The van der Waals surface area contributed by atoms with Gasteiger partial charge in [-0.1, -0.05) is 25.4 Å². The van der Waals surface area contributed by atoms with Gasteiger partial charge in [-0.05, 0) is 25.7 Å². The van der Waals surface area contributed by atoms with Crippen molar-refractivity contribution < 1.29 is 0 Å². The summed E-state index contributed by atoms with van der Waals surface area (Å²) in [5.74, 6) is 1.43. The molecule has 1 fully saturated rings. The molecule has 0 aromatic carbocycles. The van der Waals surface area contributed by atoms with Crippen LogP contribution in [0.1, 0.15) is 44.0 Å². The molecule has 0 N–H and O–H groups in total. The Kier molecular flexibility index (Phi) is 4.34. The summed E-state index contributed by atoms with van der Waals surface area (Å²) in [7, 11) is 0. The fourth-order valence-electron chi connectivity index (χ4n) is 3.19. The van der Waals surface area contributed by atoms with Crippen molar-refractivity contribution >= 4 is 17.4 Å². The number of rotatable bonds is 4. The highest BCUT2D eigenvalue weighted by Gasteiger charge is 2.32. The van der Waals surface area contributed by atoms with E-state index in [9.17, 15) is 0 Å². The Morgan fingerprint density at radius 1 is 1.36 bits per heavy atom. The molecule has 5 nitrogen and oxygen atoms in total. The van der Waals surface area contributed by atoms with Crippen molar-refractivity contribution in [1.29, 1.82) is 0 Å². The molecule has 3 heterocycles. The van der Waals surface area contributed by atoms with Crippen molar-refractivity contribution in [3.05, 3.63) is 35.0 Å². The molecule has 2 aromatic heterocycles. The fraction of sp³-hybridized carbons (Fsp3) is 0.562. The zero-order valence-electron chi connectivity index (χ0n) is 13.3. The molecule has 1 aliphatic heterocycles. The van der Waals surface area contributed by atoms with Crippen molar-refractivity contribution in [2.24, 2.45) is 5.92 Å². The SMILES string of the molecule is Cc1nn(CC(C)C)c(Cl)c1C1CCCN1c1cnccn1. The zero-order valence-corrected chi connectivity index (χ0v) is 14.1. The van der Waals surface area contributed by atoms with E-state index < -0.39 is 0 Å². The molecule has 0 spiro atoms. The normalized spacial score (nSPS) is 18.4. The summed E-state index contributed by atoms with van der Waals surface area (Å²) in [4.78, 5) is 10.9. The minimum Gasteiger partial charge on any atom is -0.348 e. The Hall–Kier alpha value is -1.62. The first kappa shape index (κ1) is 15.3. The van der Waals surface area contributed by atoms with Gasteiger partial charge in [0.1, 0.15) is 11.0 Å². The highest BCUT2D eigenvalue weighted by molar-refractivity contribution is 6.30. The number of hydrogen-bond acceptors (Lipinski definition) is 4. The molecular weight excluding hydrogens is 298 g/mol. The van der Waals surface area contributed by atoms with Crippen LogP contribution in [-0.4, -0.2) is 26.3 Å². The van der Waals surface area contributed by atoms with Crippen LogP contribution in [0, 0.1) is 12.8 Å². The van der Waals surface area contributed by atoms with Crippen LogP contribution in [0.25, 0.3) is 0 Å². The highest BCUT2D eigenvalue weighted by atomic mass is 35.5. The molecule has 3 rings (SSSR count). The summed E-state index contributed by atoms with van der Waals surface area (Å²) >= 11 is 6.64. The molecule has 1 atom stereocenters. The molecule has 0 aliphatic carbocycles. The van der Waals surface area contributed by atoms with Gasteiger partial charge in [-0.25, -0.2) is 4.98 Å². The summed E-state index contributed by atoms with van der Waals surface area (Å²) < 4.78 is 1.93. The number of aromatic nitrogens is 4. The van der Waals surface area contributed by atoms with Crippen molar-refractivity contribution in [3.63, 3.8) is 0 Å². The second kappa shape index (κ2) is 6.24. The van der Waals surface area contributed by atoms with Gasteiger partial charge in [0.2, 0.25) is 0 Å². The minimum absolute atomic E-state index is 0.241. The topological polar surface area (TPSA) is 46.8 Å². The van der Waals surface area contributed by atoms with Gasteiger partial charge in [0.15, 0.2) is 0 Å². The third kappa shape index (κ3) is 2.82. The van der Waals surface area contributed by atoms with Gasteiger partial charge in [-0.3, -0.25) is 9.67 Å². The van der Waals surface area contributed by atoms with Gasteiger partial charge in [-0.15, -0.1) is 0 Å². The van der Waals surface area contributed by atoms with Crippen LogP contribution in [0.5, 0.6) is 0 Å². The Balaban J connectivity index is 1.94. The van der Waals surface area contributed by atoms with Crippen LogP contribution in [0.2, 0.25) is 5.15 Å². The van der Waals surface area contributed by atoms with Crippen LogP contribution < -0.4 is 4.90 Å². The Morgan fingerprint density at radius 2 is 2.18 bits per heavy atom. The first-order chi connectivity index (χ1) is 10.6. The molecule has 2 aromatic rings. The first-order valence-electron chi connectivity index (χ1n) is 7.83. The number of halogens is 1. The molecule has 1 saturated heterocycles. The Labute approximate surface area is 136 Å². The maximum atomic E-state index is 6.64. The fourth-order valence-corrected chi connectivity index (χ4v) is 3.56. The van der Waals surface area contributed by atoms with E-state index in [1.165, 1.54) is 0 Å². The monoisotopic (exact) mass is 319 g/mol. The van der Waals surface area contributed by atoms with E-state index in [0.29, 0.717) is 5.92 Å². The van der Waals surface area contributed by atoms with E-state index in [0.717, 1.165) is 48.2 Å². The second-order valence-corrected chi connectivity index (χ2v) is 6.64. The predicted octanol–water partition coefficient (Wildman–Crippen LogP) is 3.63. The summed E-state index contributed by atoms with van der Waals surface area (Å²) in [6.45, 7) is 8.22. The average Bonchev–Trinajstić information content (AvgIpc) is 3.05. The third-order valence-electron chi connectivity index (χ3n) is 4.08. The molecule has 0 amide bonds. The summed E-state index contributed by atoms with van der Waals surface area (Å²) in [6.07, 6.45) is 7.46. The second-order valence-electron chi connectivity index (χ2n) is 6.28. The van der Waals surface area contributed by atoms with Gasteiger partial charge < -0.3 is 4.90 Å². The number of hydrogen-bond donors (Lipinski definition) is 0. The molecule has 1 unspecified atom stereocenters. The van der Waals surface area contributed by atoms with Crippen LogP contribution in [-0.2, 0) is 6.54 Å². The maximum Gasteiger partial charge on any atom is 0.147 e. The van der Waals surface area contributed by atoms with Gasteiger partial charge in [0.05, 0.1) is 17.9 Å². The number of aryl methyl sites for hydroxylation is 1. The zero-order chi connectivity index (χ0) is 15.7. The van der Waals surface area contributed by atoms with E-state index in [2.05, 4.69) is 33.8 Å². The lowest BCUT2D eigenvalue weighted by atomic mass is 10.1. The van der Waals surface area contributed by atoms with Crippen molar-refractivity contribution in [2.75, 3.05) is 11.4 Å². The first-order valence-corrected chi connectivity index (χ1v) is 8.21. The lowest BCUT2D eigenvalue weighted by molar-refractivity contribution is 0.481. The van der Waals surface area contributed by atoms with Crippen LogP contribution >= 0.6 is 11.6 Å². The molecule has 22 heavy (non-hydrogen) atoms. The van der Waals surface area contributed by atoms with E-state index in [-0.39, 0.29) is 6.04 Å². The molecule has 6 heteroatoms. The van der Waals surface area contributed by atoms with Gasteiger partial charge in [0, 0.05) is 31.0 Å². The van der Waals surface area contributed by atoms with E-state index in [1.807, 2.05) is 17.8 Å². The smallest absolute Gasteiger partial charge is 0.147 e. The summed E-state index contributed by atoms with van der Waals surface area (Å²) in [5.41, 5.74) is 2.16. The third-order valence-corrected chi connectivity index (χ3v) is 4.48. The van der Waals surface area contributed by atoms with Crippen molar-refractivity contribution in [1.82, 2.24) is 19.7 Å². The molecule has 1 aliphatic rings. The molecule has 118 valence electrons. The van der Waals surface area contributed by atoms with Crippen LogP contribution in [0.4, 0.5) is 5.82 Å². The standard InChI is InChI=1S/C16H22ClN5/c1-11(2)10-22-16(17)15(12(3)20-22)13-5-4-8-21(13)14-9-18-6-7-19-14/h6-7,9,11,13H,4-5,8,10H2,1-3H3. The summed E-state index contributed by atoms with van der Waals surface area (Å²) in [5, 5.41) is 5.42. The quantitative estimate of drug-likeness (QED) is 0.863. The van der Waals surface area contributed by atoms with Crippen LogP contribution in [0.3, 0.4) is 0 Å². The van der Waals surface area contributed by atoms with Crippen molar-refractivity contribution in [2.45, 2.75) is 46.2 Å². The van der Waals surface area contributed by atoms with Gasteiger partial charge >= 0.3 is 0 Å². The lowest BCUT2D eigenvalue weighted by Gasteiger charge is -2.25.